The van der Waals surface area contributed by atoms with Crippen LogP contribution in [0.3, 0.4) is 0 Å². The monoisotopic (exact) mass is 406 g/mol. The summed E-state index contributed by atoms with van der Waals surface area (Å²) in [4.78, 5) is 18.7. The van der Waals surface area contributed by atoms with Crippen molar-refractivity contribution in [2.45, 2.75) is 23.3 Å². The highest BCUT2D eigenvalue weighted by atomic mass is 32.2. The molecule has 0 aliphatic carbocycles. The van der Waals surface area contributed by atoms with E-state index in [2.05, 4.69) is 11.1 Å². The van der Waals surface area contributed by atoms with E-state index in [1.165, 1.54) is 23.5 Å². The highest BCUT2D eigenvalue weighted by molar-refractivity contribution is 7.98. The van der Waals surface area contributed by atoms with Crippen molar-refractivity contribution in [2.75, 3.05) is 12.5 Å². The Labute approximate surface area is 160 Å². The maximum atomic E-state index is 12.7. The average molecular weight is 407 g/mol. The van der Waals surface area contributed by atoms with Crippen LogP contribution >= 0.6 is 23.1 Å². The SMILES string of the molecule is CCn1c(=NC(=O)c2ccccc2S(C)(=O)=O)sc2cc(SC)ccc21. The molecule has 3 aromatic rings. The number of aryl methyl sites for hydroxylation is 1. The molecule has 0 bridgehead atoms. The lowest BCUT2D eigenvalue weighted by atomic mass is 10.2. The Balaban J connectivity index is 2.18. The Morgan fingerprint density at radius 2 is 1.96 bits per heavy atom. The van der Waals surface area contributed by atoms with Gasteiger partial charge in [0.25, 0.3) is 5.91 Å². The highest BCUT2D eigenvalue weighted by Crippen LogP contribution is 2.24. The minimum atomic E-state index is -3.51. The Bertz CT molecular complexity index is 1160. The third-order valence-corrected chi connectivity index (χ3v) is 6.84. The second-order valence-corrected chi connectivity index (χ2v) is 9.52. The lowest BCUT2D eigenvalue weighted by Crippen LogP contribution is -2.17. The number of hydrogen-bond acceptors (Lipinski definition) is 5. The molecule has 0 atom stereocenters. The van der Waals surface area contributed by atoms with Gasteiger partial charge in [0, 0.05) is 17.7 Å². The lowest BCUT2D eigenvalue weighted by molar-refractivity contribution is 0.0994. The van der Waals surface area contributed by atoms with Crippen molar-refractivity contribution in [3.63, 3.8) is 0 Å². The molecule has 0 saturated heterocycles. The van der Waals surface area contributed by atoms with E-state index in [1.807, 2.05) is 29.9 Å². The maximum absolute atomic E-state index is 12.7. The second-order valence-electron chi connectivity index (χ2n) is 5.65. The van der Waals surface area contributed by atoms with E-state index in [-0.39, 0.29) is 10.5 Å². The second kappa shape index (κ2) is 7.38. The Morgan fingerprint density at radius 1 is 1.23 bits per heavy atom. The quantitative estimate of drug-likeness (QED) is 0.621. The summed E-state index contributed by atoms with van der Waals surface area (Å²) in [5.41, 5.74) is 1.11. The molecule has 1 amide bonds. The van der Waals surface area contributed by atoms with Gasteiger partial charge in [0.2, 0.25) is 0 Å². The molecule has 1 aromatic heterocycles. The van der Waals surface area contributed by atoms with E-state index in [9.17, 15) is 13.2 Å². The van der Waals surface area contributed by atoms with Gasteiger partial charge in [0.15, 0.2) is 14.6 Å². The smallest absolute Gasteiger partial charge is 0.280 e. The zero-order chi connectivity index (χ0) is 18.9. The van der Waals surface area contributed by atoms with E-state index in [1.54, 1.807) is 23.9 Å². The summed E-state index contributed by atoms with van der Waals surface area (Å²) in [5, 5.41) is 0. The first-order valence-electron chi connectivity index (χ1n) is 7.90. The lowest BCUT2D eigenvalue weighted by Gasteiger charge is -2.04. The molecule has 0 unspecified atom stereocenters. The molecule has 0 fully saturated rings. The number of amides is 1. The number of sulfone groups is 1. The molecular weight excluding hydrogens is 388 g/mol. The van der Waals surface area contributed by atoms with Crippen LogP contribution in [0.5, 0.6) is 0 Å². The van der Waals surface area contributed by atoms with Crippen molar-refractivity contribution < 1.29 is 13.2 Å². The van der Waals surface area contributed by atoms with Crippen LogP contribution in [0, 0.1) is 0 Å². The number of thioether (sulfide) groups is 1. The first-order chi connectivity index (χ1) is 12.3. The fourth-order valence-corrected chi connectivity index (χ4v) is 5.21. The first-order valence-corrected chi connectivity index (χ1v) is 11.8. The molecule has 136 valence electrons. The molecule has 5 nitrogen and oxygen atoms in total. The zero-order valence-electron chi connectivity index (χ0n) is 14.6. The molecular formula is C18H18N2O3S3. The standard InChI is InChI=1S/C18H18N2O3S3/c1-4-20-14-10-9-12(24-2)11-15(14)25-18(20)19-17(21)13-7-5-6-8-16(13)26(3,22)23/h5-11H,4H2,1-3H3. The van der Waals surface area contributed by atoms with Crippen LogP contribution in [-0.4, -0.2) is 31.4 Å². The van der Waals surface area contributed by atoms with Crippen molar-refractivity contribution in [3.05, 3.63) is 52.8 Å². The molecule has 0 spiro atoms. The number of hydrogen-bond donors (Lipinski definition) is 0. The Morgan fingerprint density at radius 3 is 2.62 bits per heavy atom. The summed E-state index contributed by atoms with van der Waals surface area (Å²) in [5.74, 6) is -0.551. The first kappa shape index (κ1) is 18.9. The van der Waals surface area contributed by atoms with Crippen molar-refractivity contribution in [1.29, 1.82) is 0 Å². The van der Waals surface area contributed by atoms with E-state index >= 15 is 0 Å². The van der Waals surface area contributed by atoms with Crippen molar-refractivity contribution >= 4 is 49.1 Å². The van der Waals surface area contributed by atoms with Gasteiger partial charge in [-0.1, -0.05) is 23.5 Å². The average Bonchev–Trinajstić information content (AvgIpc) is 2.96. The van der Waals surface area contributed by atoms with Crippen molar-refractivity contribution in [3.8, 4) is 0 Å². The fourth-order valence-electron chi connectivity index (χ4n) is 2.69. The van der Waals surface area contributed by atoms with Crippen LogP contribution in [0.15, 0.2) is 57.2 Å². The molecule has 3 rings (SSSR count). The van der Waals surface area contributed by atoms with Crippen LogP contribution < -0.4 is 4.80 Å². The third kappa shape index (κ3) is 3.62. The summed E-state index contributed by atoms with van der Waals surface area (Å²) < 4.78 is 26.9. The summed E-state index contributed by atoms with van der Waals surface area (Å²) in [6, 6.07) is 12.3. The number of carbonyl (C=O) groups excluding carboxylic acids is 1. The van der Waals surface area contributed by atoms with Crippen LogP contribution in [0.25, 0.3) is 10.2 Å². The third-order valence-electron chi connectivity index (χ3n) is 3.92. The Kier molecular flexibility index (Phi) is 5.36. The number of fused-ring (bicyclic) bond motifs is 1. The largest absolute Gasteiger partial charge is 0.317 e. The van der Waals surface area contributed by atoms with Gasteiger partial charge in [-0.15, -0.1) is 11.8 Å². The number of nitrogens with zero attached hydrogens (tertiary/aromatic N) is 2. The topological polar surface area (TPSA) is 68.5 Å². The van der Waals surface area contributed by atoms with E-state index < -0.39 is 15.7 Å². The number of carbonyl (C=O) groups is 1. The molecule has 8 heteroatoms. The predicted molar refractivity (Wildman–Crippen MR) is 107 cm³/mol. The van der Waals surface area contributed by atoms with Crippen LogP contribution in [0.4, 0.5) is 0 Å². The van der Waals surface area contributed by atoms with Crippen LogP contribution in [-0.2, 0) is 16.4 Å². The molecule has 1 heterocycles. The molecule has 26 heavy (non-hydrogen) atoms. The number of benzene rings is 2. The van der Waals surface area contributed by atoms with Gasteiger partial charge in [-0.25, -0.2) is 8.42 Å². The minimum Gasteiger partial charge on any atom is -0.317 e. The van der Waals surface area contributed by atoms with Crippen molar-refractivity contribution in [1.82, 2.24) is 4.57 Å². The van der Waals surface area contributed by atoms with Crippen molar-refractivity contribution in [2.24, 2.45) is 4.99 Å². The summed E-state index contributed by atoms with van der Waals surface area (Å²) >= 11 is 3.08. The molecule has 0 saturated carbocycles. The number of aromatic nitrogens is 1. The number of thiazole rings is 1. The van der Waals surface area contributed by atoms with Crippen LogP contribution in [0.2, 0.25) is 0 Å². The zero-order valence-corrected chi connectivity index (χ0v) is 17.0. The Hall–Kier alpha value is -1.90. The van der Waals surface area contributed by atoms with Crippen LogP contribution in [0.1, 0.15) is 17.3 Å². The van der Waals surface area contributed by atoms with Gasteiger partial charge in [-0.2, -0.15) is 4.99 Å². The van der Waals surface area contributed by atoms with Gasteiger partial charge >= 0.3 is 0 Å². The molecule has 2 aromatic carbocycles. The van der Waals surface area contributed by atoms with E-state index in [0.29, 0.717) is 11.3 Å². The summed E-state index contributed by atoms with van der Waals surface area (Å²) in [7, 11) is -3.51. The van der Waals surface area contributed by atoms with E-state index in [4.69, 9.17) is 0 Å². The van der Waals surface area contributed by atoms with Gasteiger partial charge in [-0.3, -0.25) is 4.79 Å². The van der Waals surface area contributed by atoms with Gasteiger partial charge in [0.05, 0.1) is 20.7 Å². The fraction of sp³-hybridized carbons (Fsp3) is 0.222. The van der Waals surface area contributed by atoms with Gasteiger partial charge < -0.3 is 4.57 Å². The normalized spacial score (nSPS) is 12.7. The predicted octanol–water partition coefficient (Wildman–Crippen LogP) is 3.59. The molecule has 0 radical (unpaired) electrons. The van der Waals surface area contributed by atoms with Gasteiger partial charge in [-0.05, 0) is 43.5 Å². The minimum absolute atomic E-state index is 0.00239. The summed E-state index contributed by atoms with van der Waals surface area (Å²) in [6.45, 7) is 2.65. The highest BCUT2D eigenvalue weighted by Gasteiger charge is 2.18. The summed E-state index contributed by atoms with van der Waals surface area (Å²) in [6.07, 6.45) is 3.11. The molecule has 0 aliphatic rings. The van der Waals surface area contributed by atoms with E-state index in [0.717, 1.165) is 21.4 Å². The number of rotatable bonds is 4. The maximum Gasteiger partial charge on any atom is 0.280 e. The van der Waals surface area contributed by atoms with Gasteiger partial charge in [0.1, 0.15) is 0 Å². The molecule has 0 aliphatic heterocycles. The molecule has 0 N–H and O–H groups in total.